The molecule has 1 aliphatic rings. The fraction of sp³-hybridized carbons (Fsp3) is 0.632. The monoisotopic (exact) mass is 349 g/mol. The lowest BCUT2D eigenvalue weighted by Crippen LogP contribution is -2.49. The quantitative estimate of drug-likeness (QED) is 0.696. The largest absolute Gasteiger partial charge is 0.332 e. The Balaban J connectivity index is 1.88. The van der Waals surface area contributed by atoms with Gasteiger partial charge in [-0.1, -0.05) is 12.1 Å². The van der Waals surface area contributed by atoms with E-state index in [1.54, 1.807) is 11.3 Å². The van der Waals surface area contributed by atoms with Gasteiger partial charge in [0.25, 0.3) is 0 Å². The van der Waals surface area contributed by atoms with E-state index < -0.39 is 0 Å². The number of likely N-dealkylation sites (tertiary alicyclic amines) is 1. The van der Waals surface area contributed by atoms with Gasteiger partial charge in [-0.2, -0.15) is 0 Å². The second-order valence-corrected chi connectivity index (χ2v) is 7.67. The third-order valence-electron chi connectivity index (χ3n) is 4.94. The number of hydrogen-bond donors (Lipinski definition) is 1. The number of carbonyl (C=O) groups excluding carboxylic acids is 1. The summed E-state index contributed by atoms with van der Waals surface area (Å²) in [6.07, 6.45) is 5.47. The van der Waals surface area contributed by atoms with Crippen molar-refractivity contribution in [2.45, 2.75) is 38.8 Å². The molecule has 1 saturated heterocycles. The maximum absolute atomic E-state index is 12.9. The predicted molar refractivity (Wildman–Crippen MR) is 102 cm³/mol. The minimum Gasteiger partial charge on any atom is -0.332 e. The van der Waals surface area contributed by atoms with E-state index in [1.807, 2.05) is 24.1 Å². The van der Waals surface area contributed by atoms with Crippen molar-refractivity contribution in [3.8, 4) is 0 Å². The van der Waals surface area contributed by atoms with Crippen molar-refractivity contribution in [1.82, 2.24) is 15.1 Å². The number of hydrogen-bond acceptors (Lipinski definition) is 4. The molecule has 1 unspecified atom stereocenters. The minimum atomic E-state index is -0.0461. The molecule has 0 radical (unpaired) electrons. The van der Waals surface area contributed by atoms with Gasteiger partial charge in [-0.15, -0.1) is 17.9 Å². The van der Waals surface area contributed by atoms with Crippen LogP contribution in [-0.4, -0.2) is 55.0 Å². The van der Waals surface area contributed by atoms with Crippen LogP contribution in [-0.2, 0) is 11.3 Å². The Morgan fingerprint density at radius 2 is 2.29 bits per heavy atom. The lowest BCUT2D eigenvalue weighted by atomic mass is 9.92. The second kappa shape index (κ2) is 9.97. The van der Waals surface area contributed by atoms with Crippen LogP contribution in [0.1, 0.15) is 31.1 Å². The topological polar surface area (TPSA) is 35.6 Å². The molecule has 4 nitrogen and oxygen atoms in total. The van der Waals surface area contributed by atoms with E-state index in [4.69, 9.17) is 0 Å². The van der Waals surface area contributed by atoms with Crippen LogP contribution in [0.25, 0.3) is 0 Å². The molecule has 0 bridgehead atoms. The summed E-state index contributed by atoms with van der Waals surface area (Å²) >= 11 is 1.70. The molecule has 134 valence electrons. The summed E-state index contributed by atoms with van der Waals surface area (Å²) in [5.41, 5.74) is 0. The first kappa shape index (κ1) is 19.2. The number of piperidine rings is 1. The molecular formula is C19H31N3OS. The molecule has 0 saturated carbocycles. The second-order valence-electron chi connectivity index (χ2n) is 6.63. The third kappa shape index (κ3) is 5.43. The van der Waals surface area contributed by atoms with Gasteiger partial charge in [-0.3, -0.25) is 9.69 Å². The van der Waals surface area contributed by atoms with Crippen molar-refractivity contribution in [3.63, 3.8) is 0 Å². The summed E-state index contributed by atoms with van der Waals surface area (Å²) < 4.78 is 0. The van der Waals surface area contributed by atoms with Crippen LogP contribution in [0.2, 0.25) is 0 Å². The van der Waals surface area contributed by atoms with E-state index in [-0.39, 0.29) is 11.9 Å². The Hall–Kier alpha value is -1.17. The standard InChI is InChI=1S/C19H31N3OS/c1-4-11-22(15-18-6-5-14-24-18)19(23)16(2)21-12-8-17(9-13-21)7-10-20-3/h4-6,14,16-17,20H,1,7-13,15H2,2-3H3. The zero-order chi connectivity index (χ0) is 17.4. The Bertz CT molecular complexity index is 495. The van der Waals surface area contributed by atoms with Crippen LogP contribution in [0.4, 0.5) is 0 Å². The lowest BCUT2D eigenvalue weighted by Gasteiger charge is -2.37. The number of thiophene rings is 1. The molecule has 0 aliphatic carbocycles. The molecular weight excluding hydrogens is 318 g/mol. The summed E-state index contributed by atoms with van der Waals surface area (Å²) in [6.45, 7) is 10.3. The Morgan fingerprint density at radius 1 is 1.54 bits per heavy atom. The number of carbonyl (C=O) groups is 1. The van der Waals surface area contributed by atoms with E-state index in [9.17, 15) is 4.79 Å². The third-order valence-corrected chi connectivity index (χ3v) is 5.81. The smallest absolute Gasteiger partial charge is 0.240 e. The van der Waals surface area contributed by atoms with E-state index in [0.717, 1.165) is 25.6 Å². The van der Waals surface area contributed by atoms with Crippen LogP contribution in [0.15, 0.2) is 30.2 Å². The van der Waals surface area contributed by atoms with Crippen molar-refractivity contribution < 1.29 is 4.79 Å². The average Bonchev–Trinajstić information content (AvgIpc) is 3.12. The van der Waals surface area contributed by atoms with Crippen molar-refractivity contribution in [2.24, 2.45) is 5.92 Å². The normalized spacial score (nSPS) is 17.6. The molecule has 1 N–H and O–H groups in total. The highest BCUT2D eigenvalue weighted by atomic mass is 32.1. The van der Waals surface area contributed by atoms with Gasteiger partial charge < -0.3 is 10.2 Å². The molecule has 1 aromatic heterocycles. The molecule has 5 heteroatoms. The van der Waals surface area contributed by atoms with Crippen LogP contribution in [0.3, 0.4) is 0 Å². The molecule has 0 spiro atoms. The van der Waals surface area contributed by atoms with Crippen molar-refractivity contribution in [3.05, 3.63) is 35.0 Å². The van der Waals surface area contributed by atoms with E-state index >= 15 is 0 Å². The van der Waals surface area contributed by atoms with Crippen LogP contribution in [0.5, 0.6) is 0 Å². The highest BCUT2D eigenvalue weighted by Crippen LogP contribution is 2.22. The van der Waals surface area contributed by atoms with Gasteiger partial charge in [-0.25, -0.2) is 0 Å². The first-order chi connectivity index (χ1) is 11.7. The average molecular weight is 350 g/mol. The maximum atomic E-state index is 12.9. The predicted octanol–water partition coefficient (Wildman–Crippen LogP) is 2.97. The van der Waals surface area contributed by atoms with Gasteiger partial charge in [0.15, 0.2) is 0 Å². The first-order valence-corrected chi connectivity index (χ1v) is 9.84. The van der Waals surface area contributed by atoms with Crippen LogP contribution >= 0.6 is 11.3 Å². The molecule has 1 aromatic rings. The van der Waals surface area contributed by atoms with E-state index in [2.05, 4.69) is 35.2 Å². The molecule has 2 rings (SSSR count). The van der Waals surface area contributed by atoms with Crippen LogP contribution in [0, 0.1) is 5.92 Å². The van der Waals surface area contributed by atoms with Gasteiger partial charge in [0.1, 0.15) is 0 Å². The highest BCUT2D eigenvalue weighted by Gasteiger charge is 2.29. The zero-order valence-electron chi connectivity index (χ0n) is 15.0. The van der Waals surface area contributed by atoms with Gasteiger partial charge >= 0.3 is 0 Å². The summed E-state index contributed by atoms with van der Waals surface area (Å²) in [4.78, 5) is 18.4. The summed E-state index contributed by atoms with van der Waals surface area (Å²) in [5.74, 6) is 1.02. The van der Waals surface area contributed by atoms with Gasteiger partial charge in [-0.05, 0) is 70.2 Å². The summed E-state index contributed by atoms with van der Waals surface area (Å²) in [7, 11) is 2.01. The van der Waals surface area contributed by atoms with Gasteiger partial charge in [0, 0.05) is 11.4 Å². The fourth-order valence-electron chi connectivity index (χ4n) is 3.38. The molecule has 1 fully saturated rings. The zero-order valence-corrected chi connectivity index (χ0v) is 15.9. The summed E-state index contributed by atoms with van der Waals surface area (Å²) in [5, 5.41) is 5.30. The summed E-state index contributed by atoms with van der Waals surface area (Å²) in [6, 6.07) is 4.08. The van der Waals surface area contributed by atoms with E-state index in [0.29, 0.717) is 13.1 Å². The molecule has 1 amide bonds. The highest BCUT2D eigenvalue weighted by molar-refractivity contribution is 7.09. The molecule has 24 heavy (non-hydrogen) atoms. The number of rotatable bonds is 9. The maximum Gasteiger partial charge on any atom is 0.240 e. The Labute approximate surface area is 150 Å². The Morgan fingerprint density at radius 3 is 2.88 bits per heavy atom. The van der Waals surface area contributed by atoms with E-state index in [1.165, 1.54) is 24.1 Å². The van der Waals surface area contributed by atoms with Crippen molar-refractivity contribution >= 4 is 17.2 Å². The number of nitrogens with zero attached hydrogens (tertiary/aromatic N) is 2. The fourth-order valence-corrected chi connectivity index (χ4v) is 4.10. The minimum absolute atomic E-state index is 0.0461. The molecule has 2 heterocycles. The van der Waals surface area contributed by atoms with Crippen LogP contribution < -0.4 is 5.32 Å². The number of nitrogens with one attached hydrogen (secondary N) is 1. The molecule has 1 atom stereocenters. The van der Waals surface area contributed by atoms with Gasteiger partial charge in [0.2, 0.25) is 5.91 Å². The lowest BCUT2D eigenvalue weighted by molar-refractivity contribution is -0.137. The number of amides is 1. The first-order valence-electron chi connectivity index (χ1n) is 8.96. The SMILES string of the molecule is C=CCN(Cc1cccs1)C(=O)C(C)N1CCC(CCNC)CC1. The van der Waals surface area contributed by atoms with Gasteiger partial charge in [0.05, 0.1) is 12.6 Å². The molecule has 1 aliphatic heterocycles. The Kier molecular flexibility index (Phi) is 7.95. The van der Waals surface area contributed by atoms with Crippen molar-refractivity contribution in [2.75, 3.05) is 33.2 Å². The molecule has 0 aromatic carbocycles. The van der Waals surface area contributed by atoms with Crippen molar-refractivity contribution in [1.29, 1.82) is 0 Å².